The fourth-order valence-electron chi connectivity index (χ4n) is 2.77. The van der Waals surface area contributed by atoms with E-state index in [0.717, 1.165) is 36.6 Å². The van der Waals surface area contributed by atoms with Gasteiger partial charge in [-0.3, -0.25) is 9.59 Å². The van der Waals surface area contributed by atoms with Crippen molar-refractivity contribution in [2.45, 2.75) is 18.9 Å². The Kier molecular flexibility index (Phi) is 4.67. The highest BCUT2D eigenvalue weighted by atomic mass is 35.5. The smallest absolute Gasteiger partial charge is 0.268 e. The van der Waals surface area contributed by atoms with Gasteiger partial charge < -0.3 is 15.2 Å². The topological polar surface area (TPSA) is 65.2 Å². The fourth-order valence-corrected chi connectivity index (χ4v) is 2.90. The summed E-state index contributed by atoms with van der Waals surface area (Å²) >= 11 is 5.91. The molecule has 5 nitrogen and oxygen atoms in total. The van der Waals surface area contributed by atoms with Crippen LogP contribution in [0.25, 0.3) is 0 Å². The maximum Gasteiger partial charge on any atom is 0.268 e. The number of hydrogen-bond donors (Lipinski definition) is 2. The molecule has 1 amide bonds. The van der Waals surface area contributed by atoms with Crippen LogP contribution in [0.1, 0.15) is 23.3 Å². The molecule has 0 saturated carbocycles. The molecule has 2 N–H and O–H groups in total. The summed E-state index contributed by atoms with van der Waals surface area (Å²) in [6.45, 7) is 1.75. The van der Waals surface area contributed by atoms with Gasteiger partial charge in [-0.2, -0.15) is 0 Å². The van der Waals surface area contributed by atoms with Crippen LogP contribution in [0.4, 0.5) is 5.69 Å². The van der Waals surface area contributed by atoms with Gasteiger partial charge >= 0.3 is 0 Å². The summed E-state index contributed by atoms with van der Waals surface area (Å²) in [7, 11) is 0. The third-order valence-corrected chi connectivity index (χ3v) is 4.29. The number of nitrogens with zero attached hydrogens (tertiary/aromatic N) is 1. The minimum absolute atomic E-state index is 0.120. The number of pyridine rings is 1. The quantitative estimate of drug-likeness (QED) is 0.908. The molecule has 0 aliphatic carbocycles. The van der Waals surface area contributed by atoms with Crippen LogP contribution in [0, 0.1) is 0 Å². The zero-order chi connectivity index (χ0) is 16.2. The molecule has 1 aliphatic heterocycles. The SMILES string of the molecule is O=C(NC1CCN(c2ccc(Cl)cc2)CC1)c1cc(=O)cc[nH]1. The second-order valence-corrected chi connectivity index (χ2v) is 6.09. The predicted octanol–water partition coefficient (Wildman–Crippen LogP) is 2.43. The number of H-pyrrole nitrogens is 1. The zero-order valence-corrected chi connectivity index (χ0v) is 13.3. The second-order valence-electron chi connectivity index (χ2n) is 5.65. The summed E-state index contributed by atoms with van der Waals surface area (Å²) in [5.74, 6) is -0.229. The van der Waals surface area contributed by atoms with Crippen molar-refractivity contribution in [1.29, 1.82) is 0 Å². The molecule has 23 heavy (non-hydrogen) atoms. The number of carbonyl (C=O) groups excluding carboxylic acids is 1. The standard InChI is InChI=1S/C17H18ClN3O2/c18-12-1-3-14(4-2-12)21-9-6-13(7-10-21)20-17(23)16-11-15(22)5-8-19-16/h1-5,8,11,13H,6-7,9-10H2,(H,19,22)(H,20,23). The van der Waals surface area contributed by atoms with Crippen LogP contribution < -0.4 is 15.6 Å². The summed E-state index contributed by atoms with van der Waals surface area (Å²) in [6.07, 6.45) is 3.22. The van der Waals surface area contributed by atoms with Gasteiger partial charge in [0, 0.05) is 48.2 Å². The Morgan fingerprint density at radius 2 is 1.87 bits per heavy atom. The first-order valence-corrected chi connectivity index (χ1v) is 8.00. The number of carbonyl (C=O) groups is 1. The van der Waals surface area contributed by atoms with Gasteiger partial charge in [0.05, 0.1) is 0 Å². The molecule has 2 heterocycles. The first kappa shape index (κ1) is 15.6. The van der Waals surface area contributed by atoms with E-state index in [1.54, 1.807) is 0 Å². The Balaban J connectivity index is 1.56. The van der Waals surface area contributed by atoms with E-state index in [9.17, 15) is 9.59 Å². The maximum atomic E-state index is 12.1. The predicted molar refractivity (Wildman–Crippen MR) is 91.2 cm³/mol. The normalized spacial score (nSPS) is 15.4. The molecule has 3 rings (SSSR count). The third-order valence-electron chi connectivity index (χ3n) is 4.04. The number of hydrogen-bond acceptors (Lipinski definition) is 3. The van der Waals surface area contributed by atoms with Gasteiger partial charge in [-0.05, 0) is 37.1 Å². The maximum absolute atomic E-state index is 12.1. The first-order chi connectivity index (χ1) is 11.1. The van der Waals surface area contributed by atoms with E-state index in [1.165, 1.54) is 18.3 Å². The van der Waals surface area contributed by atoms with Crippen LogP contribution in [0.5, 0.6) is 0 Å². The highest BCUT2D eigenvalue weighted by Crippen LogP contribution is 2.22. The van der Waals surface area contributed by atoms with Crippen molar-refractivity contribution < 1.29 is 4.79 Å². The molecule has 1 saturated heterocycles. The van der Waals surface area contributed by atoms with E-state index in [4.69, 9.17) is 11.6 Å². The second kappa shape index (κ2) is 6.87. The average Bonchev–Trinajstić information content (AvgIpc) is 2.56. The lowest BCUT2D eigenvalue weighted by molar-refractivity contribution is 0.0926. The van der Waals surface area contributed by atoms with Crippen molar-refractivity contribution in [3.8, 4) is 0 Å². The Morgan fingerprint density at radius 1 is 1.17 bits per heavy atom. The van der Waals surface area contributed by atoms with E-state index in [-0.39, 0.29) is 17.4 Å². The highest BCUT2D eigenvalue weighted by molar-refractivity contribution is 6.30. The highest BCUT2D eigenvalue weighted by Gasteiger charge is 2.21. The lowest BCUT2D eigenvalue weighted by Crippen LogP contribution is -2.45. The summed E-state index contributed by atoms with van der Waals surface area (Å²) in [4.78, 5) is 28.5. The Hall–Kier alpha value is -2.27. The Morgan fingerprint density at radius 3 is 2.52 bits per heavy atom. The van der Waals surface area contributed by atoms with Gasteiger partial charge in [0.2, 0.25) is 0 Å². The molecule has 2 aromatic rings. The number of anilines is 1. The lowest BCUT2D eigenvalue weighted by Gasteiger charge is -2.34. The van der Waals surface area contributed by atoms with Gasteiger partial charge in [-0.1, -0.05) is 11.6 Å². The third kappa shape index (κ3) is 3.93. The average molecular weight is 332 g/mol. The van der Waals surface area contributed by atoms with Gasteiger partial charge in [-0.25, -0.2) is 0 Å². The van der Waals surface area contributed by atoms with Crippen molar-refractivity contribution in [3.05, 3.63) is 63.5 Å². The first-order valence-electron chi connectivity index (χ1n) is 7.62. The van der Waals surface area contributed by atoms with Crippen LogP contribution in [-0.2, 0) is 0 Å². The van der Waals surface area contributed by atoms with Crippen molar-refractivity contribution in [2.24, 2.45) is 0 Å². The molecule has 1 aromatic heterocycles. The fraction of sp³-hybridized carbons (Fsp3) is 0.294. The molecular formula is C17H18ClN3O2. The monoisotopic (exact) mass is 331 g/mol. The number of amides is 1. The van der Waals surface area contributed by atoms with Crippen LogP contribution in [0.2, 0.25) is 5.02 Å². The van der Waals surface area contributed by atoms with Crippen LogP contribution >= 0.6 is 11.6 Å². The zero-order valence-electron chi connectivity index (χ0n) is 12.6. The molecule has 120 valence electrons. The van der Waals surface area contributed by atoms with Crippen LogP contribution in [0.3, 0.4) is 0 Å². The van der Waals surface area contributed by atoms with Crippen molar-refractivity contribution in [1.82, 2.24) is 10.3 Å². The lowest BCUT2D eigenvalue weighted by atomic mass is 10.0. The van der Waals surface area contributed by atoms with E-state index in [0.29, 0.717) is 5.69 Å². The summed E-state index contributed by atoms with van der Waals surface area (Å²) in [6, 6.07) is 10.6. The largest absolute Gasteiger partial charge is 0.371 e. The Bertz CT molecular complexity index is 734. The van der Waals surface area contributed by atoms with E-state index in [1.807, 2.05) is 24.3 Å². The summed E-state index contributed by atoms with van der Waals surface area (Å²) < 4.78 is 0. The van der Waals surface area contributed by atoms with Crippen LogP contribution in [0.15, 0.2) is 47.4 Å². The number of aromatic amines is 1. The Labute approximate surface area is 139 Å². The molecular weight excluding hydrogens is 314 g/mol. The number of rotatable bonds is 3. The molecule has 0 radical (unpaired) electrons. The van der Waals surface area contributed by atoms with Crippen LogP contribution in [-0.4, -0.2) is 30.0 Å². The summed E-state index contributed by atoms with van der Waals surface area (Å²) in [5, 5.41) is 3.72. The molecule has 0 bridgehead atoms. The van der Waals surface area contributed by atoms with Crippen molar-refractivity contribution in [3.63, 3.8) is 0 Å². The molecule has 1 aromatic carbocycles. The number of halogens is 1. The number of piperidine rings is 1. The van der Waals surface area contributed by atoms with E-state index in [2.05, 4.69) is 15.2 Å². The molecule has 0 unspecified atom stereocenters. The van der Waals surface area contributed by atoms with E-state index >= 15 is 0 Å². The molecule has 1 fully saturated rings. The van der Waals surface area contributed by atoms with Gasteiger partial charge in [0.25, 0.3) is 5.91 Å². The molecule has 6 heteroatoms. The van der Waals surface area contributed by atoms with Crippen molar-refractivity contribution >= 4 is 23.2 Å². The summed E-state index contributed by atoms with van der Waals surface area (Å²) in [5.41, 5.74) is 1.27. The molecule has 1 aliphatic rings. The molecule has 0 spiro atoms. The van der Waals surface area contributed by atoms with E-state index < -0.39 is 0 Å². The number of nitrogens with one attached hydrogen (secondary N) is 2. The minimum atomic E-state index is -0.229. The molecule has 0 atom stereocenters. The number of benzene rings is 1. The van der Waals surface area contributed by atoms with Gasteiger partial charge in [0.15, 0.2) is 5.43 Å². The van der Waals surface area contributed by atoms with Gasteiger partial charge in [0.1, 0.15) is 5.69 Å². The minimum Gasteiger partial charge on any atom is -0.371 e. The van der Waals surface area contributed by atoms with Gasteiger partial charge in [-0.15, -0.1) is 0 Å². The number of aromatic nitrogens is 1. The van der Waals surface area contributed by atoms with Crippen molar-refractivity contribution in [2.75, 3.05) is 18.0 Å².